The van der Waals surface area contributed by atoms with Gasteiger partial charge in [0.15, 0.2) is 5.65 Å². The van der Waals surface area contributed by atoms with Crippen LogP contribution in [-0.2, 0) is 0 Å². The number of ether oxygens (including phenoxy) is 1. The fourth-order valence-electron chi connectivity index (χ4n) is 2.08. The third-order valence-corrected chi connectivity index (χ3v) is 4.85. The summed E-state index contributed by atoms with van der Waals surface area (Å²) in [5.74, 6) is 0.131. The van der Waals surface area contributed by atoms with Crippen molar-refractivity contribution in [3.63, 3.8) is 0 Å². The first-order valence-corrected chi connectivity index (χ1v) is 8.50. The van der Waals surface area contributed by atoms with Gasteiger partial charge in [-0.3, -0.25) is 0 Å². The number of halogens is 1. The molecule has 4 rings (SSSR count). The van der Waals surface area contributed by atoms with Gasteiger partial charge >= 0.3 is 0 Å². The van der Waals surface area contributed by atoms with Crippen molar-refractivity contribution in [1.82, 2.24) is 24.8 Å². The molecule has 116 valence electrons. The van der Waals surface area contributed by atoms with Gasteiger partial charge in [-0.15, -0.1) is 26.6 Å². The predicted octanol–water partition coefficient (Wildman–Crippen LogP) is 3.42. The number of hydrogen-bond donors (Lipinski definition) is 0. The molecule has 0 saturated carbocycles. The third kappa shape index (κ3) is 2.62. The Kier molecular flexibility index (Phi) is 3.58. The van der Waals surface area contributed by atoms with Crippen molar-refractivity contribution in [1.29, 1.82) is 0 Å². The van der Waals surface area contributed by atoms with Crippen molar-refractivity contribution < 1.29 is 9.13 Å². The number of aromatic nitrogens is 5. The smallest absolute Gasteiger partial charge is 0.231 e. The van der Waals surface area contributed by atoms with Crippen molar-refractivity contribution in [2.75, 3.05) is 6.61 Å². The third-order valence-electron chi connectivity index (χ3n) is 3.09. The van der Waals surface area contributed by atoms with Crippen LogP contribution in [0.2, 0.25) is 0 Å². The van der Waals surface area contributed by atoms with Crippen LogP contribution < -0.4 is 4.74 Å². The van der Waals surface area contributed by atoms with E-state index in [1.165, 1.54) is 29.2 Å². The Hall–Kier alpha value is -2.26. The number of benzene rings is 1. The van der Waals surface area contributed by atoms with E-state index >= 15 is 0 Å². The fourth-order valence-corrected chi connectivity index (χ4v) is 3.68. The summed E-state index contributed by atoms with van der Waals surface area (Å²) < 4.78 is 22.1. The summed E-state index contributed by atoms with van der Waals surface area (Å²) >= 11 is 2.64. The highest BCUT2D eigenvalue weighted by molar-refractivity contribution is 7.99. The molecule has 6 nitrogen and oxygen atoms in total. The van der Waals surface area contributed by atoms with Crippen molar-refractivity contribution in [2.24, 2.45) is 0 Å². The molecule has 9 heteroatoms. The number of rotatable bonds is 4. The summed E-state index contributed by atoms with van der Waals surface area (Å²) in [6.07, 6.45) is 0. The second-order valence-corrected chi connectivity index (χ2v) is 6.46. The number of thiazole rings is 1. The number of nitrogens with zero attached hydrogens (tertiary/aromatic N) is 5. The summed E-state index contributed by atoms with van der Waals surface area (Å²) in [5, 5.41) is 12.9. The molecular formula is C14H10FN5OS2. The van der Waals surface area contributed by atoms with Crippen LogP contribution in [0.5, 0.6) is 5.88 Å². The fraction of sp³-hybridized carbons (Fsp3) is 0.143. The van der Waals surface area contributed by atoms with Crippen LogP contribution in [0.25, 0.3) is 15.9 Å². The lowest BCUT2D eigenvalue weighted by Crippen LogP contribution is -2.00. The first-order valence-electron chi connectivity index (χ1n) is 6.80. The second-order valence-electron chi connectivity index (χ2n) is 4.56. The zero-order chi connectivity index (χ0) is 15.8. The lowest BCUT2D eigenvalue weighted by Gasteiger charge is -2.04. The van der Waals surface area contributed by atoms with Crippen molar-refractivity contribution in [2.45, 2.75) is 17.0 Å². The molecule has 0 fully saturated rings. The topological polar surface area (TPSA) is 65.2 Å². The minimum Gasteiger partial charge on any atom is -0.477 e. The van der Waals surface area contributed by atoms with Gasteiger partial charge in [0, 0.05) is 12.1 Å². The molecule has 1 aromatic carbocycles. The zero-order valence-corrected chi connectivity index (χ0v) is 13.6. The average molecular weight is 347 g/mol. The minimum atomic E-state index is -0.342. The molecule has 0 unspecified atom stereocenters. The van der Waals surface area contributed by atoms with E-state index < -0.39 is 0 Å². The molecule has 0 aliphatic rings. The molecule has 0 radical (unpaired) electrons. The molecule has 0 bridgehead atoms. The van der Waals surface area contributed by atoms with Gasteiger partial charge in [-0.25, -0.2) is 9.37 Å². The number of hydrogen-bond acceptors (Lipinski definition) is 7. The standard InChI is InChI=1S/C14H10FN5OS2/c1-2-21-13-4-3-12-17-18-14(20(12)19-13)23-10-6-11-9(5-8(10)15)16-7-22-11/h3-7H,2H2,1H3. The highest BCUT2D eigenvalue weighted by Crippen LogP contribution is 2.32. The van der Waals surface area contributed by atoms with E-state index in [0.29, 0.717) is 33.7 Å². The van der Waals surface area contributed by atoms with E-state index in [4.69, 9.17) is 4.74 Å². The monoisotopic (exact) mass is 347 g/mol. The second kappa shape index (κ2) is 5.74. The van der Waals surface area contributed by atoms with E-state index in [-0.39, 0.29) is 5.82 Å². The first-order chi connectivity index (χ1) is 11.2. The summed E-state index contributed by atoms with van der Waals surface area (Å²) in [6.45, 7) is 2.40. The first kappa shape index (κ1) is 14.3. The van der Waals surface area contributed by atoms with Crippen LogP contribution in [-0.4, -0.2) is 31.4 Å². The quantitative estimate of drug-likeness (QED) is 0.563. The average Bonchev–Trinajstić information content (AvgIpc) is 3.15. The van der Waals surface area contributed by atoms with Crippen molar-refractivity contribution >= 4 is 39.0 Å². The van der Waals surface area contributed by atoms with Crippen LogP contribution in [0.15, 0.2) is 39.8 Å². The summed E-state index contributed by atoms with van der Waals surface area (Å²) in [5.41, 5.74) is 2.93. The molecule has 0 N–H and O–H groups in total. The minimum absolute atomic E-state index is 0.342. The maximum atomic E-state index is 14.2. The lowest BCUT2D eigenvalue weighted by molar-refractivity contribution is 0.320. The van der Waals surface area contributed by atoms with Crippen molar-refractivity contribution in [3.8, 4) is 5.88 Å². The van der Waals surface area contributed by atoms with Gasteiger partial charge in [-0.05, 0) is 30.8 Å². The van der Waals surface area contributed by atoms with Gasteiger partial charge in [-0.1, -0.05) is 0 Å². The van der Waals surface area contributed by atoms with Gasteiger partial charge in [0.2, 0.25) is 11.0 Å². The Morgan fingerprint density at radius 3 is 3.09 bits per heavy atom. The van der Waals surface area contributed by atoms with Crippen LogP contribution in [0.1, 0.15) is 6.92 Å². The maximum absolute atomic E-state index is 14.2. The Bertz CT molecular complexity index is 999. The lowest BCUT2D eigenvalue weighted by atomic mass is 10.3. The van der Waals surface area contributed by atoms with E-state index in [1.807, 2.05) is 6.92 Å². The summed E-state index contributed by atoms with van der Waals surface area (Å²) in [7, 11) is 0. The SMILES string of the molecule is CCOc1ccc2nnc(Sc3cc4scnc4cc3F)n2n1. The molecule has 0 spiro atoms. The van der Waals surface area contributed by atoms with E-state index in [9.17, 15) is 4.39 Å². The highest BCUT2D eigenvalue weighted by Gasteiger charge is 2.14. The molecular weight excluding hydrogens is 337 g/mol. The van der Waals surface area contributed by atoms with Crippen molar-refractivity contribution in [3.05, 3.63) is 35.6 Å². The van der Waals surface area contributed by atoms with Gasteiger partial charge in [0.05, 0.1) is 27.2 Å². The molecule has 0 saturated heterocycles. The van der Waals surface area contributed by atoms with Gasteiger partial charge in [0.1, 0.15) is 5.82 Å². The summed E-state index contributed by atoms with van der Waals surface area (Å²) in [6, 6.07) is 6.68. The molecule has 0 amide bonds. The number of fused-ring (bicyclic) bond motifs is 2. The van der Waals surface area contributed by atoms with Gasteiger partial charge in [0.25, 0.3) is 0 Å². The maximum Gasteiger partial charge on any atom is 0.231 e. The largest absolute Gasteiger partial charge is 0.477 e. The molecule has 3 heterocycles. The van der Waals surface area contributed by atoms with E-state index in [2.05, 4.69) is 20.3 Å². The molecule has 0 aliphatic heterocycles. The Morgan fingerprint density at radius 2 is 2.22 bits per heavy atom. The molecule has 0 aliphatic carbocycles. The zero-order valence-electron chi connectivity index (χ0n) is 11.9. The Balaban J connectivity index is 1.75. The predicted molar refractivity (Wildman–Crippen MR) is 85.7 cm³/mol. The van der Waals surface area contributed by atoms with Crippen LogP contribution in [0.3, 0.4) is 0 Å². The van der Waals surface area contributed by atoms with Crippen LogP contribution in [0, 0.1) is 5.82 Å². The van der Waals surface area contributed by atoms with Gasteiger partial charge in [-0.2, -0.15) is 4.52 Å². The Morgan fingerprint density at radius 1 is 1.30 bits per heavy atom. The normalized spacial score (nSPS) is 11.4. The Labute approximate surface area is 138 Å². The molecule has 0 atom stereocenters. The van der Waals surface area contributed by atoms with Crippen LogP contribution in [0.4, 0.5) is 4.39 Å². The molecule has 4 aromatic rings. The molecule has 23 heavy (non-hydrogen) atoms. The highest BCUT2D eigenvalue weighted by atomic mass is 32.2. The molecule has 3 aromatic heterocycles. The summed E-state index contributed by atoms with van der Waals surface area (Å²) in [4.78, 5) is 4.56. The van der Waals surface area contributed by atoms with E-state index in [1.54, 1.807) is 28.2 Å². The van der Waals surface area contributed by atoms with Gasteiger partial charge < -0.3 is 4.74 Å². The van der Waals surface area contributed by atoms with Crippen LogP contribution >= 0.6 is 23.1 Å². The van der Waals surface area contributed by atoms with E-state index in [0.717, 1.165) is 4.70 Å².